The van der Waals surface area contributed by atoms with Crippen LogP contribution in [0.1, 0.15) is 0 Å². The normalized spacial score (nSPS) is 10.7. The van der Waals surface area contributed by atoms with Gasteiger partial charge >= 0.3 is 0 Å². The highest BCUT2D eigenvalue weighted by atomic mass is 32.1. The molecule has 46 valence electrons. The van der Waals surface area contributed by atoms with Gasteiger partial charge in [0.1, 0.15) is 0 Å². The van der Waals surface area contributed by atoms with E-state index in [9.17, 15) is 0 Å². The minimum atomic E-state index is 0.560. The van der Waals surface area contributed by atoms with Crippen molar-refractivity contribution in [2.24, 2.45) is 0 Å². The minimum absolute atomic E-state index is 0.560. The van der Waals surface area contributed by atoms with Crippen molar-refractivity contribution in [1.29, 1.82) is 0 Å². The van der Waals surface area contributed by atoms with E-state index in [4.69, 9.17) is 10.2 Å². The molecule has 0 aliphatic carbocycles. The average molecular weight is 140 g/mol. The Kier molecular flexibility index (Phi) is 0.790. The number of thiazole rings is 1. The fourth-order valence-corrected chi connectivity index (χ4v) is 1.34. The molecule has 2 heterocycles. The maximum atomic E-state index is 5.38. The molecule has 0 aromatic carbocycles. The summed E-state index contributed by atoms with van der Waals surface area (Å²) in [5, 5.41) is 0.560. The van der Waals surface area contributed by atoms with Crippen LogP contribution in [0.3, 0.4) is 0 Å². The number of nitrogens with two attached hydrogens (primary N) is 1. The van der Waals surface area contributed by atoms with Gasteiger partial charge in [-0.1, -0.05) is 11.3 Å². The van der Waals surface area contributed by atoms with Crippen LogP contribution in [0.15, 0.2) is 16.7 Å². The van der Waals surface area contributed by atoms with Crippen molar-refractivity contribution in [1.82, 2.24) is 4.98 Å². The lowest BCUT2D eigenvalue weighted by atomic mass is 10.6. The fourth-order valence-electron chi connectivity index (χ4n) is 0.684. The molecule has 2 rings (SSSR count). The molecule has 0 unspecified atom stereocenters. The molecule has 0 spiro atoms. The summed E-state index contributed by atoms with van der Waals surface area (Å²) in [6, 6.07) is 1.85. The van der Waals surface area contributed by atoms with E-state index in [2.05, 4.69) is 4.98 Å². The number of aromatic nitrogens is 1. The van der Waals surface area contributed by atoms with E-state index in [1.165, 1.54) is 11.3 Å². The van der Waals surface area contributed by atoms with Gasteiger partial charge in [0.15, 0.2) is 5.13 Å². The average Bonchev–Trinajstić information content (AvgIpc) is 2.22. The molecule has 0 bridgehead atoms. The van der Waals surface area contributed by atoms with E-state index in [1.807, 2.05) is 6.07 Å². The lowest BCUT2D eigenvalue weighted by molar-refractivity contribution is 0.605. The summed E-state index contributed by atoms with van der Waals surface area (Å²) in [5.41, 5.74) is 6.02. The van der Waals surface area contributed by atoms with Crippen molar-refractivity contribution >= 4 is 26.9 Å². The highest BCUT2D eigenvalue weighted by Crippen LogP contribution is 2.23. The summed E-state index contributed by atoms with van der Waals surface area (Å²) in [5.74, 6) is 0. The fraction of sp³-hybridized carbons (Fsp3) is 0. The number of hydrogen-bond acceptors (Lipinski definition) is 4. The van der Waals surface area contributed by atoms with Crippen molar-refractivity contribution in [3.05, 3.63) is 12.3 Å². The molecular weight excluding hydrogens is 136 g/mol. The van der Waals surface area contributed by atoms with E-state index in [-0.39, 0.29) is 0 Å². The van der Waals surface area contributed by atoms with Gasteiger partial charge in [-0.3, -0.25) is 0 Å². The van der Waals surface area contributed by atoms with Gasteiger partial charge in [-0.15, -0.1) is 0 Å². The number of nitrogens with zero attached hydrogens (tertiary/aromatic N) is 1. The van der Waals surface area contributed by atoms with Crippen LogP contribution in [0.4, 0.5) is 5.13 Å². The highest BCUT2D eigenvalue weighted by molar-refractivity contribution is 7.21. The molecule has 4 heteroatoms. The lowest BCUT2D eigenvalue weighted by Gasteiger charge is -1.71. The molecule has 0 atom stereocenters. The monoisotopic (exact) mass is 140 g/mol. The van der Waals surface area contributed by atoms with E-state index in [0.717, 1.165) is 4.70 Å². The van der Waals surface area contributed by atoms with Gasteiger partial charge in [0, 0.05) is 0 Å². The van der Waals surface area contributed by atoms with Crippen molar-refractivity contribution in [3.8, 4) is 0 Å². The summed E-state index contributed by atoms with van der Waals surface area (Å²) in [7, 11) is 0. The zero-order valence-electron chi connectivity index (χ0n) is 4.50. The van der Waals surface area contributed by atoms with E-state index < -0.39 is 0 Å². The summed E-state index contributed by atoms with van der Waals surface area (Å²) in [6.45, 7) is 0. The van der Waals surface area contributed by atoms with Crippen LogP contribution in [-0.4, -0.2) is 4.98 Å². The molecule has 0 amide bonds. The molecule has 0 fully saturated rings. The van der Waals surface area contributed by atoms with Crippen molar-refractivity contribution < 1.29 is 4.42 Å². The van der Waals surface area contributed by atoms with Crippen LogP contribution in [0.2, 0.25) is 0 Å². The molecular formula is C5H4N2OS. The second kappa shape index (κ2) is 1.48. The first-order valence-electron chi connectivity index (χ1n) is 2.46. The van der Waals surface area contributed by atoms with Gasteiger partial charge in [0.2, 0.25) is 5.71 Å². The number of anilines is 1. The molecule has 3 nitrogen and oxygen atoms in total. The van der Waals surface area contributed by atoms with Crippen LogP contribution in [0.25, 0.3) is 10.4 Å². The van der Waals surface area contributed by atoms with Gasteiger partial charge in [0.25, 0.3) is 0 Å². The standard InChI is InChI=1S/C5H4N2OS/c6-5-7-4-3(9-5)1-2-8-4/h1-2H,(H2,6,7). The molecule has 9 heavy (non-hydrogen) atoms. The predicted molar refractivity (Wildman–Crippen MR) is 36.3 cm³/mol. The maximum absolute atomic E-state index is 5.38. The summed E-state index contributed by atoms with van der Waals surface area (Å²) >= 11 is 1.43. The minimum Gasteiger partial charge on any atom is -0.445 e. The Labute approximate surface area is 55.1 Å². The summed E-state index contributed by atoms with van der Waals surface area (Å²) in [6.07, 6.45) is 1.60. The third kappa shape index (κ3) is 0.598. The highest BCUT2D eigenvalue weighted by Gasteiger charge is 2.00. The third-order valence-corrected chi connectivity index (χ3v) is 1.87. The molecule has 0 radical (unpaired) electrons. The molecule has 2 aromatic heterocycles. The number of fused-ring (bicyclic) bond motifs is 1. The first-order chi connectivity index (χ1) is 4.36. The first-order valence-corrected chi connectivity index (χ1v) is 3.27. The van der Waals surface area contributed by atoms with Gasteiger partial charge in [0.05, 0.1) is 11.0 Å². The second-order valence-corrected chi connectivity index (χ2v) is 2.70. The van der Waals surface area contributed by atoms with Crippen LogP contribution in [-0.2, 0) is 0 Å². The molecule has 2 aromatic rings. The van der Waals surface area contributed by atoms with Gasteiger partial charge in [-0.2, -0.15) is 4.98 Å². The molecule has 0 aliphatic heterocycles. The number of furan rings is 1. The van der Waals surface area contributed by atoms with E-state index in [1.54, 1.807) is 6.26 Å². The predicted octanol–water partition coefficient (Wildman–Crippen LogP) is 1.47. The second-order valence-electron chi connectivity index (χ2n) is 1.64. The zero-order chi connectivity index (χ0) is 6.27. The maximum Gasteiger partial charge on any atom is 0.238 e. The van der Waals surface area contributed by atoms with Crippen molar-refractivity contribution in [2.75, 3.05) is 5.73 Å². The third-order valence-electron chi connectivity index (χ3n) is 1.04. The van der Waals surface area contributed by atoms with Crippen molar-refractivity contribution in [2.45, 2.75) is 0 Å². The molecule has 0 saturated heterocycles. The summed E-state index contributed by atoms with van der Waals surface area (Å²) < 4.78 is 5.96. The Morgan fingerprint density at radius 3 is 3.33 bits per heavy atom. The smallest absolute Gasteiger partial charge is 0.238 e. The summed E-state index contributed by atoms with van der Waals surface area (Å²) in [4.78, 5) is 3.90. The van der Waals surface area contributed by atoms with Crippen LogP contribution in [0, 0.1) is 0 Å². The quantitative estimate of drug-likeness (QED) is 0.602. The van der Waals surface area contributed by atoms with Crippen molar-refractivity contribution in [3.63, 3.8) is 0 Å². The Hall–Kier alpha value is -1.03. The lowest BCUT2D eigenvalue weighted by Crippen LogP contribution is -1.78. The van der Waals surface area contributed by atoms with Crippen LogP contribution in [0.5, 0.6) is 0 Å². The topological polar surface area (TPSA) is 52.0 Å². The Morgan fingerprint density at radius 1 is 1.67 bits per heavy atom. The zero-order valence-corrected chi connectivity index (χ0v) is 5.31. The number of rotatable bonds is 0. The first kappa shape index (κ1) is 4.81. The SMILES string of the molecule is Nc1nc2occc2s1. The Morgan fingerprint density at radius 2 is 2.56 bits per heavy atom. The van der Waals surface area contributed by atoms with E-state index in [0.29, 0.717) is 10.8 Å². The Bertz CT molecular complexity index is 296. The van der Waals surface area contributed by atoms with E-state index >= 15 is 0 Å². The van der Waals surface area contributed by atoms with Gasteiger partial charge in [-0.05, 0) is 6.07 Å². The number of nitrogen functional groups attached to an aromatic ring is 1. The van der Waals surface area contributed by atoms with Gasteiger partial charge in [-0.25, -0.2) is 0 Å². The largest absolute Gasteiger partial charge is 0.445 e. The molecule has 0 aliphatic rings. The van der Waals surface area contributed by atoms with Gasteiger partial charge < -0.3 is 10.2 Å². The van der Waals surface area contributed by atoms with Crippen LogP contribution < -0.4 is 5.73 Å². The number of hydrogen-bond donors (Lipinski definition) is 1. The molecule has 2 N–H and O–H groups in total. The Balaban J connectivity index is 2.92. The van der Waals surface area contributed by atoms with Crippen LogP contribution >= 0.6 is 11.3 Å². The molecule has 0 saturated carbocycles.